The Balaban J connectivity index is 1.67. The lowest BCUT2D eigenvalue weighted by molar-refractivity contribution is -0.117. The summed E-state index contributed by atoms with van der Waals surface area (Å²) in [5.74, 6) is 0.859. The molecular formula is C16H16BrN3O. The van der Waals surface area contributed by atoms with E-state index in [0.717, 1.165) is 28.7 Å². The first-order valence-electron chi connectivity index (χ1n) is 6.92. The second-order valence-electron chi connectivity index (χ2n) is 5.30. The highest BCUT2D eigenvalue weighted by Gasteiger charge is 2.29. The summed E-state index contributed by atoms with van der Waals surface area (Å²) in [6.07, 6.45) is 3.70. The Bertz CT molecular complexity index is 666. The maximum absolute atomic E-state index is 11.7. The quantitative estimate of drug-likeness (QED) is 0.870. The van der Waals surface area contributed by atoms with Gasteiger partial charge in [-0.05, 0) is 65.5 Å². The molecule has 0 unspecified atom stereocenters. The van der Waals surface area contributed by atoms with Crippen LogP contribution in [-0.2, 0) is 4.79 Å². The molecule has 5 heteroatoms. The lowest BCUT2D eigenvalue weighted by Crippen LogP contribution is -2.14. The standard InChI is InChI=1S/C16H16BrN3O/c1-10-2-6-14(13(17)8-10)19-12-5-7-15(18-9-12)20-16(21)11-3-4-11/h2,5-9,11,19H,3-4H2,1H3,(H,18,20,21). The summed E-state index contributed by atoms with van der Waals surface area (Å²) < 4.78 is 1.01. The zero-order chi connectivity index (χ0) is 14.8. The summed E-state index contributed by atoms with van der Waals surface area (Å²) in [5, 5.41) is 6.12. The van der Waals surface area contributed by atoms with Crippen LogP contribution in [0.4, 0.5) is 17.2 Å². The number of carbonyl (C=O) groups is 1. The van der Waals surface area contributed by atoms with Gasteiger partial charge in [-0.2, -0.15) is 0 Å². The number of rotatable bonds is 4. The lowest BCUT2D eigenvalue weighted by Gasteiger charge is -2.10. The van der Waals surface area contributed by atoms with Crippen molar-refractivity contribution in [2.45, 2.75) is 19.8 Å². The molecule has 2 aromatic rings. The zero-order valence-electron chi connectivity index (χ0n) is 11.7. The normalized spacial score (nSPS) is 13.8. The molecule has 0 spiro atoms. The first-order chi connectivity index (χ1) is 10.1. The minimum absolute atomic E-state index is 0.0736. The van der Waals surface area contributed by atoms with E-state index < -0.39 is 0 Å². The van der Waals surface area contributed by atoms with Gasteiger partial charge in [-0.25, -0.2) is 4.98 Å². The highest BCUT2D eigenvalue weighted by molar-refractivity contribution is 9.10. The van der Waals surface area contributed by atoms with Crippen LogP contribution < -0.4 is 10.6 Å². The molecule has 0 radical (unpaired) electrons. The van der Waals surface area contributed by atoms with Gasteiger partial charge < -0.3 is 10.6 Å². The number of nitrogens with one attached hydrogen (secondary N) is 2. The fourth-order valence-electron chi connectivity index (χ4n) is 1.99. The van der Waals surface area contributed by atoms with Crippen LogP contribution in [0.3, 0.4) is 0 Å². The fourth-order valence-corrected chi connectivity index (χ4v) is 2.58. The number of aryl methyl sites for hydroxylation is 1. The van der Waals surface area contributed by atoms with E-state index in [0.29, 0.717) is 5.82 Å². The van der Waals surface area contributed by atoms with Crippen LogP contribution in [0.2, 0.25) is 0 Å². The number of hydrogen-bond acceptors (Lipinski definition) is 3. The third-order valence-corrected chi connectivity index (χ3v) is 4.02. The van der Waals surface area contributed by atoms with Crippen LogP contribution in [0.15, 0.2) is 41.0 Å². The number of pyridine rings is 1. The predicted octanol–water partition coefficient (Wildman–Crippen LogP) is 4.24. The molecule has 1 aliphatic carbocycles. The number of carbonyl (C=O) groups excluding carboxylic acids is 1. The van der Waals surface area contributed by atoms with Crippen molar-refractivity contribution in [2.75, 3.05) is 10.6 Å². The Morgan fingerprint density at radius 2 is 2.10 bits per heavy atom. The summed E-state index contributed by atoms with van der Waals surface area (Å²) in [7, 11) is 0. The first kappa shape index (κ1) is 14.1. The van der Waals surface area contributed by atoms with E-state index in [2.05, 4.69) is 37.6 Å². The molecule has 1 heterocycles. The largest absolute Gasteiger partial charge is 0.353 e. The zero-order valence-corrected chi connectivity index (χ0v) is 13.3. The maximum atomic E-state index is 11.7. The molecular weight excluding hydrogens is 330 g/mol. The number of hydrogen-bond donors (Lipinski definition) is 2. The van der Waals surface area contributed by atoms with E-state index in [1.54, 1.807) is 6.20 Å². The molecule has 1 aromatic carbocycles. The second-order valence-corrected chi connectivity index (χ2v) is 6.16. The molecule has 1 saturated carbocycles. The van der Waals surface area contributed by atoms with Gasteiger partial charge in [0.15, 0.2) is 0 Å². The van der Waals surface area contributed by atoms with Crippen LogP contribution in [-0.4, -0.2) is 10.9 Å². The highest BCUT2D eigenvalue weighted by Crippen LogP contribution is 2.30. The van der Waals surface area contributed by atoms with E-state index in [-0.39, 0.29) is 11.8 Å². The highest BCUT2D eigenvalue weighted by atomic mass is 79.9. The summed E-state index contributed by atoms with van der Waals surface area (Å²) >= 11 is 3.53. The molecule has 1 fully saturated rings. The molecule has 108 valence electrons. The van der Waals surface area contributed by atoms with Gasteiger partial charge in [0, 0.05) is 10.4 Å². The van der Waals surface area contributed by atoms with Crippen molar-refractivity contribution >= 4 is 39.0 Å². The van der Waals surface area contributed by atoms with E-state index >= 15 is 0 Å². The molecule has 3 rings (SSSR count). The van der Waals surface area contributed by atoms with Gasteiger partial charge in [0.25, 0.3) is 0 Å². The van der Waals surface area contributed by atoms with E-state index in [4.69, 9.17) is 0 Å². The molecule has 2 N–H and O–H groups in total. The van der Waals surface area contributed by atoms with E-state index in [1.807, 2.05) is 31.2 Å². The number of halogens is 1. The third kappa shape index (κ3) is 3.61. The first-order valence-corrected chi connectivity index (χ1v) is 7.71. The lowest BCUT2D eigenvalue weighted by atomic mass is 10.2. The number of benzene rings is 1. The fraction of sp³-hybridized carbons (Fsp3) is 0.250. The second kappa shape index (κ2) is 5.85. The Morgan fingerprint density at radius 1 is 1.29 bits per heavy atom. The molecule has 1 aromatic heterocycles. The smallest absolute Gasteiger partial charge is 0.228 e. The van der Waals surface area contributed by atoms with Gasteiger partial charge in [-0.1, -0.05) is 6.07 Å². The Morgan fingerprint density at radius 3 is 2.71 bits per heavy atom. The maximum Gasteiger partial charge on any atom is 0.228 e. The summed E-state index contributed by atoms with van der Waals surface area (Å²) in [6.45, 7) is 2.05. The number of anilines is 3. The average molecular weight is 346 g/mol. The van der Waals surface area contributed by atoms with Crippen molar-refractivity contribution in [3.05, 3.63) is 46.6 Å². The van der Waals surface area contributed by atoms with Crippen molar-refractivity contribution in [3.63, 3.8) is 0 Å². The molecule has 1 amide bonds. The minimum Gasteiger partial charge on any atom is -0.353 e. The van der Waals surface area contributed by atoms with Crippen molar-refractivity contribution < 1.29 is 4.79 Å². The molecule has 4 nitrogen and oxygen atoms in total. The molecule has 0 aliphatic heterocycles. The summed E-state index contributed by atoms with van der Waals surface area (Å²) in [4.78, 5) is 15.9. The minimum atomic E-state index is 0.0736. The Labute approximate surface area is 132 Å². The number of aromatic nitrogens is 1. The van der Waals surface area contributed by atoms with Gasteiger partial charge in [0.2, 0.25) is 5.91 Å². The van der Waals surface area contributed by atoms with Gasteiger partial charge in [0.05, 0.1) is 17.6 Å². The van der Waals surface area contributed by atoms with Gasteiger partial charge >= 0.3 is 0 Å². The van der Waals surface area contributed by atoms with Crippen molar-refractivity contribution in [1.29, 1.82) is 0 Å². The van der Waals surface area contributed by atoms with Crippen LogP contribution in [0.1, 0.15) is 18.4 Å². The monoisotopic (exact) mass is 345 g/mol. The SMILES string of the molecule is Cc1ccc(Nc2ccc(NC(=O)C3CC3)nc2)c(Br)c1. The van der Waals surface area contributed by atoms with Crippen LogP contribution in [0.5, 0.6) is 0 Å². The van der Waals surface area contributed by atoms with Crippen LogP contribution in [0, 0.1) is 12.8 Å². The van der Waals surface area contributed by atoms with Crippen molar-refractivity contribution in [2.24, 2.45) is 5.92 Å². The van der Waals surface area contributed by atoms with Gasteiger partial charge in [-0.15, -0.1) is 0 Å². The average Bonchev–Trinajstić information content (AvgIpc) is 3.28. The van der Waals surface area contributed by atoms with Crippen LogP contribution in [0.25, 0.3) is 0 Å². The van der Waals surface area contributed by atoms with Crippen LogP contribution >= 0.6 is 15.9 Å². The number of amides is 1. The van der Waals surface area contributed by atoms with Gasteiger partial charge in [-0.3, -0.25) is 4.79 Å². The van der Waals surface area contributed by atoms with E-state index in [9.17, 15) is 4.79 Å². The predicted molar refractivity (Wildman–Crippen MR) is 87.8 cm³/mol. The van der Waals surface area contributed by atoms with Crippen molar-refractivity contribution in [1.82, 2.24) is 4.98 Å². The van der Waals surface area contributed by atoms with Gasteiger partial charge in [0.1, 0.15) is 5.82 Å². The topological polar surface area (TPSA) is 54.0 Å². The Hall–Kier alpha value is -1.88. The Kier molecular flexibility index (Phi) is 3.92. The van der Waals surface area contributed by atoms with E-state index in [1.165, 1.54) is 5.56 Å². The molecule has 0 atom stereocenters. The summed E-state index contributed by atoms with van der Waals surface area (Å²) in [5.41, 5.74) is 3.06. The molecule has 21 heavy (non-hydrogen) atoms. The molecule has 0 bridgehead atoms. The van der Waals surface area contributed by atoms with Crippen molar-refractivity contribution in [3.8, 4) is 0 Å². The summed E-state index contributed by atoms with van der Waals surface area (Å²) in [6, 6.07) is 9.83. The third-order valence-electron chi connectivity index (χ3n) is 3.37. The number of nitrogens with zero attached hydrogens (tertiary/aromatic N) is 1. The molecule has 1 aliphatic rings. The molecule has 0 saturated heterocycles.